The molecule has 3 nitrogen and oxygen atoms in total. The zero-order valence-electron chi connectivity index (χ0n) is 9.13. The summed E-state index contributed by atoms with van der Waals surface area (Å²) in [7, 11) is 0. The van der Waals surface area contributed by atoms with Crippen LogP contribution in [0.25, 0.3) is 0 Å². The van der Waals surface area contributed by atoms with Crippen LogP contribution in [0.2, 0.25) is 0 Å². The van der Waals surface area contributed by atoms with Crippen molar-refractivity contribution in [1.29, 1.82) is 0 Å². The van der Waals surface area contributed by atoms with Crippen LogP contribution in [0.1, 0.15) is 22.7 Å². The Morgan fingerprint density at radius 3 is 2.80 bits per heavy atom. The number of rotatable bonds is 1. The highest BCUT2D eigenvalue weighted by Gasteiger charge is 2.19. The van der Waals surface area contributed by atoms with Crippen LogP contribution >= 0.6 is 0 Å². The number of piperazine rings is 1. The number of benzene rings is 1. The normalized spacial score (nSPS) is 21.2. The Morgan fingerprint density at radius 2 is 2.13 bits per heavy atom. The minimum Gasteiger partial charge on any atom is -0.353 e. The number of hydrogen-bond donors (Lipinski definition) is 2. The van der Waals surface area contributed by atoms with E-state index in [1.165, 1.54) is 16.7 Å². The second kappa shape index (κ2) is 4.03. The molecule has 1 unspecified atom stereocenters. The Labute approximate surface area is 89.9 Å². The maximum atomic E-state index is 11.0. The number of nitrogens with one attached hydrogen (secondary N) is 2. The van der Waals surface area contributed by atoms with E-state index in [0.717, 1.165) is 0 Å². The van der Waals surface area contributed by atoms with Crippen LogP contribution in [-0.4, -0.2) is 19.0 Å². The van der Waals surface area contributed by atoms with Crippen LogP contribution in [0.4, 0.5) is 0 Å². The van der Waals surface area contributed by atoms with Gasteiger partial charge < -0.3 is 5.32 Å². The lowest BCUT2D eigenvalue weighted by atomic mass is 9.98. The highest BCUT2D eigenvalue weighted by molar-refractivity contribution is 5.79. The standard InChI is InChI=1S/C12H16N2O/c1-8-3-4-9(2)10(5-8)11-6-14-12(15)7-13-11/h3-5,11,13H,6-7H2,1-2H3,(H,14,15). The van der Waals surface area contributed by atoms with E-state index < -0.39 is 0 Å². The molecule has 80 valence electrons. The zero-order valence-corrected chi connectivity index (χ0v) is 9.13. The van der Waals surface area contributed by atoms with E-state index in [1.54, 1.807) is 0 Å². The molecule has 0 bridgehead atoms. The monoisotopic (exact) mass is 204 g/mol. The molecule has 0 spiro atoms. The molecule has 1 saturated heterocycles. The molecule has 0 aromatic heterocycles. The fourth-order valence-electron chi connectivity index (χ4n) is 1.92. The summed E-state index contributed by atoms with van der Waals surface area (Å²) < 4.78 is 0. The van der Waals surface area contributed by atoms with Gasteiger partial charge in [-0.3, -0.25) is 10.1 Å². The maximum Gasteiger partial charge on any atom is 0.234 e. The first kappa shape index (κ1) is 10.2. The van der Waals surface area contributed by atoms with Crippen LogP contribution in [0.5, 0.6) is 0 Å². The number of carbonyl (C=O) groups excluding carboxylic acids is 1. The van der Waals surface area contributed by atoms with Gasteiger partial charge in [0.05, 0.1) is 12.6 Å². The molecule has 0 radical (unpaired) electrons. The molecule has 0 aliphatic carbocycles. The molecule has 1 aliphatic rings. The van der Waals surface area contributed by atoms with Gasteiger partial charge in [-0.15, -0.1) is 0 Å². The van der Waals surface area contributed by atoms with Crippen molar-refractivity contribution in [1.82, 2.24) is 10.6 Å². The van der Waals surface area contributed by atoms with Gasteiger partial charge >= 0.3 is 0 Å². The van der Waals surface area contributed by atoms with Crippen molar-refractivity contribution >= 4 is 5.91 Å². The van der Waals surface area contributed by atoms with Crippen LogP contribution < -0.4 is 10.6 Å². The van der Waals surface area contributed by atoms with Gasteiger partial charge in [-0.1, -0.05) is 23.8 Å². The number of aryl methyl sites for hydroxylation is 2. The fraction of sp³-hybridized carbons (Fsp3) is 0.417. The predicted octanol–water partition coefficient (Wildman–Crippen LogP) is 1.06. The van der Waals surface area contributed by atoms with E-state index >= 15 is 0 Å². The largest absolute Gasteiger partial charge is 0.353 e. The first-order valence-corrected chi connectivity index (χ1v) is 5.24. The topological polar surface area (TPSA) is 41.1 Å². The van der Waals surface area contributed by atoms with Crippen LogP contribution in [0.3, 0.4) is 0 Å². The van der Waals surface area contributed by atoms with Gasteiger partial charge in [0.1, 0.15) is 0 Å². The highest BCUT2D eigenvalue weighted by atomic mass is 16.2. The van der Waals surface area contributed by atoms with Crippen LogP contribution in [0.15, 0.2) is 18.2 Å². The smallest absolute Gasteiger partial charge is 0.234 e. The Hall–Kier alpha value is -1.35. The summed E-state index contributed by atoms with van der Waals surface area (Å²) in [6, 6.07) is 6.68. The summed E-state index contributed by atoms with van der Waals surface area (Å²) in [5, 5.41) is 6.12. The SMILES string of the molecule is Cc1ccc(C)c(C2CNC(=O)CN2)c1. The molecule has 0 saturated carbocycles. The summed E-state index contributed by atoms with van der Waals surface area (Å²) in [6.45, 7) is 5.29. The van der Waals surface area contributed by atoms with Gasteiger partial charge in [0, 0.05) is 6.54 Å². The van der Waals surface area contributed by atoms with Crippen molar-refractivity contribution in [2.24, 2.45) is 0 Å². The quantitative estimate of drug-likeness (QED) is 0.718. The lowest BCUT2D eigenvalue weighted by Gasteiger charge is -2.26. The summed E-state index contributed by atoms with van der Waals surface area (Å²) in [4.78, 5) is 11.0. The van der Waals surface area contributed by atoms with E-state index in [4.69, 9.17) is 0 Å². The van der Waals surface area contributed by atoms with Gasteiger partial charge in [-0.25, -0.2) is 0 Å². The van der Waals surface area contributed by atoms with E-state index in [2.05, 4.69) is 42.7 Å². The van der Waals surface area contributed by atoms with Gasteiger partial charge in [-0.05, 0) is 25.0 Å². The average Bonchev–Trinajstić information content (AvgIpc) is 2.23. The molecule has 1 aromatic rings. The van der Waals surface area contributed by atoms with Crippen molar-refractivity contribution in [3.8, 4) is 0 Å². The first-order valence-electron chi connectivity index (χ1n) is 5.24. The van der Waals surface area contributed by atoms with Crippen LogP contribution in [-0.2, 0) is 4.79 Å². The molecule has 1 amide bonds. The average molecular weight is 204 g/mol. The van der Waals surface area contributed by atoms with Gasteiger partial charge in [-0.2, -0.15) is 0 Å². The third-order valence-corrected chi connectivity index (χ3v) is 2.82. The number of amides is 1. The molecule has 1 atom stereocenters. The molecule has 1 aliphatic heterocycles. The second-order valence-corrected chi connectivity index (χ2v) is 4.10. The summed E-state index contributed by atoms with van der Waals surface area (Å²) in [6.07, 6.45) is 0. The predicted molar refractivity (Wildman–Crippen MR) is 59.7 cm³/mol. The molecule has 1 heterocycles. The zero-order chi connectivity index (χ0) is 10.8. The van der Waals surface area contributed by atoms with Crippen molar-refractivity contribution in [2.75, 3.05) is 13.1 Å². The molecule has 15 heavy (non-hydrogen) atoms. The molecule has 1 fully saturated rings. The molecule has 2 rings (SSSR count). The minimum absolute atomic E-state index is 0.0801. The van der Waals surface area contributed by atoms with E-state index in [0.29, 0.717) is 13.1 Å². The van der Waals surface area contributed by atoms with Gasteiger partial charge in [0.2, 0.25) is 5.91 Å². The molecule has 3 heteroatoms. The van der Waals surface area contributed by atoms with E-state index in [-0.39, 0.29) is 11.9 Å². The van der Waals surface area contributed by atoms with E-state index in [1.807, 2.05) is 0 Å². The summed E-state index contributed by atoms with van der Waals surface area (Å²) >= 11 is 0. The van der Waals surface area contributed by atoms with Crippen molar-refractivity contribution in [3.63, 3.8) is 0 Å². The second-order valence-electron chi connectivity index (χ2n) is 4.10. The Kier molecular flexibility index (Phi) is 2.73. The van der Waals surface area contributed by atoms with Crippen molar-refractivity contribution in [2.45, 2.75) is 19.9 Å². The highest BCUT2D eigenvalue weighted by Crippen LogP contribution is 2.19. The van der Waals surface area contributed by atoms with Crippen LogP contribution in [0, 0.1) is 13.8 Å². The van der Waals surface area contributed by atoms with E-state index in [9.17, 15) is 4.79 Å². The van der Waals surface area contributed by atoms with Crippen molar-refractivity contribution in [3.05, 3.63) is 34.9 Å². The third-order valence-electron chi connectivity index (χ3n) is 2.82. The van der Waals surface area contributed by atoms with Crippen molar-refractivity contribution < 1.29 is 4.79 Å². The Morgan fingerprint density at radius 1 is 1.33 bits per heavy atom. The lowest BCUT2D eigenvalue weighted by molar-refractivity contribution is -0.121. The van der Waals surface area contributed by atoms with Gasteiger partial charge in [0.25, 0.3) is 0 Å². The summed E-state index contributed by atoms with van der Waals surface area (Å²) in [5.41, 5.74) is 3.82. The minimum atomic E-state index is 0.0801. The lowest BCUT2D eigenvalue weighted by Crippen LogP contribution is -2.47. The Balaban J connectivity index is 2.21. The maximum absolute atomic E-state index is 11.0. The fourth-order valence-corrected chi connectivity index (χ4v) is 1.92. The summed E-state index contributed by atoms with van der Waals surface area (Å²) in [5.74, 6) is 0.0801. The van der Waals surface area contributed by atoms with Gasteiger partial charge in [0.15, 0.2) is 0 Å². The number of carbonyl (C=O) groups is 1. The molecular formula is C12H16N2O. The first-order chi connectivity index (χ1) is 7.16. The molecule has 1 aromatic carbocycles. The Bertz CT molecular complexity index is 377. The number of hydrogen-bond acceptors (Lipinski definition) is 2. The molecule has 2 N–H and O–H groups in total. The third kappa shape index (κ3) is 2.18. The molecular weight excluding hydrogens is 188 g/mol.